The van der Waals surface area contributed by atoms with Crippen LogP contribution in [0, 0.1) is 33.8 Å². The number of nitro groups is 1. The number of morpholine rings is 1. The van der Waals surface area contributed by atoms with Crippen LogP contribution in [-0.4, -0.2) is 95.9 Å². The number of nitro benzene ring substituents is 1. The number of ether oxygens (including phenoxy) is 5. The molecule has 1 spiro atoms. The number of hydrogen-bond acceptors (Lipinski definition) is 16. The van der Waals surface area contributed by atoms with Crippen molar-refractivity contribution in [1.82, 2.24) is 10.2 Å². The number of aliphatic hydroxyl groups is 2. The van der Waals surface area contributed by atoms with E-state index in [1.807, 2.05) is 12.1 Å². The maximum atomic E-state index is 16.7. The second-order valence-electron chi connectivity index (χ2n) is 18.5. The van der Waals surface area contributed by atoms with Crippen LogP contribution in [0.2, 0.25) is 0 Å². The number of imide groups is 1. The molecular weight excluding hydrogens is 1000 g/mol. The van der Waals surface area contributed by atoms with E-state index in [0.717, 1.165) is 19.1 Å². The number of nitrogens with zero attached hydrogens (tertiary/aromatic N) is 3. The van der Waals surface area contributed by atoms with Crippen LogP contribution in [0.3, 0.4) is 0 Å². The molecule has 0 aromatic heterocycles. The number of rotatable bonds is 16. The number of benzene rings is 6. The summed E-state index contributed by atoms with van der Waals surface area (Å²) in [6.07, 6.45) is -3.94. The van der Waals surface area contributed by atoms with Gasteiger partial charge in [0.2, 0.25) is 11.8 Å². The lowest BCUT2D eigenvalue weighted by Gasteiger charge is -2.46. The molecule has 19 nitrogen and oxygen atoms in total. The predicted octanol–water partition coefficient (Wildman–Crippen LogP) is 6.52. The maximum Gasteiger partial charge on any atom is 0.421 e. The number of carbonyl (C=O) groups is 6. The van der Waals surface area contributed by atoms with Gasteiger partial charge in [-0.25, -0.2) is 9.69 Å². The Hall–Kier alpha value is -9.22. The van der Waals surface area contributed by atoms with Crippen LogP contribution in [-0.2, 0) is 54.9 Å². The van der Waals surface area contributed by atoms with Crippen molar-refractivity contribution in [1.29, 1.82) is 0 Å². The van der Waals surface area contributed by atoms with E-state index in [0.29, 0.717) is 22.3 Å². The minimum absolute atomic E-state index is 0.0139. The minimum atomic E-state index is -2.37. The molecule has 3 heterocycles. The van der Waals surface area contributed by atoms with Gasteiger partial charge in [-0.3, -0.25) is 39.0 Å². The fourth-order valence-electron chi connectivity index (χ4n) is 10.8. The number of anilines is 1. The van der Waals surface area contributed by atoms with E-state index in [4.69, 9.17) is 23.7 Å². The highest BCUT2D eigenvalue weighted by Gasteiger charge is 2.76. The number of esters is 3. The average molecular weight is 1060 g/mol. The quantitative estimate of drug-likeness (QED) is 0.0233. The molecule has 3 N–H and O–H groups in total. The van der Waals surface area contributed by atoms with Crippen LogP contribution in [0.15, 0.2) is 158 Å². The first kappa shape index (κ1) is 53.6. The molecule has 3 aliphatic rings. The molecule has 3 aliphatic heterocycles. The third-order valence-electron chi connectivity index (χ3n) is 14.2. The van der Waals surface area contributed by atoms with Crippen LogP contribution >= 0.6 is 0 Å². The van der Waals surface area contributed by atoms with E-state index in [-0.39, 0.29) is 46.8 Å². The zero-order chi connectivity index (χ0) is 55.1. The average Bonchev–Trinajstić information content (AvgIpc) is 4.08. The molecule has 0 aliphatic carbocycles. The first-order valence-electron chi connectivity index (χ1n) is 24.8. The van der Waals surface area contributed by atoms with Gasteiger partial charge in [0, 0.05) is 36.2 Å². The molecule has 0 unspecified atom stereocenters. The summed E-state index contributed by atoms with van der Waals surface area (Å²) in [4.78, 5) is 102. The van der Waals surface area contributed by atoms with Crippen molar-refractivity contribution in [2.45, 2.75) is 48.8 Å². The second-order valence-corrected chi connectivity index (χ2v) is 18.5. The number of amides is 3. The van der Waals surface area contributed by atoms with E-state index in [9.17, 15) is 34.7 Å². The molecule has 0 saturated carbocycles. The molecule has 0 radical (unpaired) electrons. The highest BCUT2D eigenvalue weighted by atomic mass is 16.6. The summed E-state index contributed by atoms with van der Waals surface area (Å²) >= 11 is 0. The van der Waals surface area contributed by atoms with Crippen molar-refractivity contribution in [3.05, 3.63) is 207 Å². The number of hydrogen-bond donors (Lipinski definition) is 3. The fraction of sp³-hybridized carbons (Fsp3) is 0.254. The smallest absolute Gasteiger partial charge is 0.421 e. The van der Waals surface area contributed by atoms with Crippen molar-refractivity contribution in [3.63, 3.8) is 0 Å². The standard InChI is InChI=1S/C59H52N4O15/c1-74-54(67)43(55(68)75-2)23-14-15-36-27-30-45-44(33-36)59(57(70)61(45)58(71)77-35-37-25-28-41(29-26-37)63(72)73)48(53(66)60-34-46(65)38-16-6-3-7-17-38)50-56(69)78-51(40-20-10-5-11-21-40)49(39-18-8-4-9-19-39)62(50)52(59)42-22-12-13-24-47(42)76-32-31-64/h3-13,16-22,24-30,33,43,46,48-52,64-65H,23,31-32,34-35H2,1-2H3,(H,60,66)/t46-,48+,49+,50+,51-,52-,59+/m0/s1. The summed E-state index contributed by atoms with van der Waals surface area (Å²) in [6, 6.07) is 38.7. The number of para-hydroxylation sites is 1. The van der Waals surface area contributed by atoms with Gasteiger partial charge < -0.3 is 39.2 Å². The van der Waals surface area contributed by atoms with Crippen molar-refractivity contribution in [2.24, 2.45) is 11.8 Å². The molecular formula is C59H52N4O15. The van der Waals surface area contributed by atoms with Crippen LogP contribution in [0.1, 0.15) is 69.7 Å². The number of nitrogens with one attached hydrogen (secondary N) is 1. The molecule has 9 rings (SSSR count). The van der Waals surface area contributed by atoms with Crippen LogP contribution in [0.25, 0.3) is 0 Å². The molecule has 2 fully saturated rings. The van der Waals surface area contributed by atoms with Gasteiger partial charge in [-0.1, -0.05) is 121 Å². The Morgan fingerprint density at radius 3 is 2.08 bits per heavy atom. The number of cyclic esters (lactones) is 1. The fourth-order valence-corrected chi connectivity index (χ4v) is 10.8. The van der Waals surface area contributed by atoms with Crippen molar-refractivity contribution < 1.29 is 67.6 Å². The largest absolute Gasteiger partial charge is 0.491 e. The molecule has 19 heteroatoms. The SMILES string of the molecule is COC(=O)C(CC#Cc1ccc2c(c1)[C@]1(C(=O)N2C(=O)OCc2ccc([N+](=O)[O-])cc2)[C@H](c2ccccc2OCCO)N2[C@H](c3ccccc3)[C@H](c3ccccc3)OC(=O)[C@H]2[C@@H]1C(=O)NC[C@H](O)c1ccccc1)C(=O)OC. The summed E-state index contributed by atoms with van der Waals surface area (Å²) < 4.78 is 28.4. The van der Waals surface area contributed by atoms with Crippen molar-refractivity contribution >= 4 is 47.2 Å². The number of carbonyl (C=O) groups excluding carboxylic acids is 6. The topological polar surface area (TPSA) is 251 Å². The Balaban J connectivity index is 1.32. The number of non-ortho nitro benzene ring substituents is 1. The van der Waals surface area contributed by atoms with Gasteiger partial charge in [-0.15, -0.1) is 0 Å². The Morgan fingerprint density at radius 1 is 0.808 bits per heavy atom. The van der Waals surface area contributed by atoms with Gasteiger partial charge in [0.25, 0.3) is 5.69 Å². The highest BCUT2D eigenvalue weighted by molar-refractivity contribution is 6.23. The molecule has 0 bridgehead atoms. The molecule has 398 valence electrons. The normalized spacial score (nSPS) is 20.6. The van der Waals surface area contributed by atoms with Gasteiger partial charge >= 0.3 is 24.0 Å². The lowest BCUT2D eigenvalue weighted by molar-refractivity contribution is -0.384. The van der Waals surface area contributed by atoms with Gasteiger partial charge in [-0.2, -0.15) is 0 Å². The molecule has 6 aromatic carbocycles. The lowest BCUT2D eigenvalue weighted by atomic mass is 9.65. The third kappa shape index (κ3) is 10.1. The summed E-state index contributed by atoms with van der Waals surface area (Å²) in [5, 5.41) is 36.0. The summed E-state index contributed by atoms with van der Waals surface area (Å²) in [6.45, 7) is -1.51. The van der Waals surface area contributed by atoms with Gasteiger partial charge in [0.15, 0.2) is 5.92 Å². The molecule has 7 atom stereocenters. The molecule has 2 saturated heterocycles. The molecule has 78 heavy (non-hydrogen) atoms. The summed E-state index contributed by atoms with van der Waals surface area (Å²) in [5.74, 6) is -1.91. The Kier molecular flexibility index (Phi) is 16.0. The second kappa shape index (κ2) is 23.3. The maximum absolute atomic E-state index is 16.7. The number of aliphatic hydroxyl groups excluding tert-OH is 2. The molecule has 6 aromatic rings. The number of methoxy groups -OCH3 is 2. The minimum Gasteiger partial charge on any atom is -0.491 e. The Bertz CT molecular complexity index is 3280. The third-order valence-corrected chi connectivity index (χ3v) is 14.2. The highest BCUT2D eigenvalue weighted by Crippen LogP contribution is 2.66. The van der Waals surface area contributed by atoms with Crippen LogP contribution in [0.5, 0.6) is 5.75 Å². The van der Waals surface area contributed by atoms with Crippen LogP contribution in [0.4, 0.5) is 16.2 Å². The lowest BCUT2D eigenvalue weighted by Crippen LogP contribution is -2.56. The van der Waals surface area contributed by atoms with Crippen molar-refractivity contribution in [3.8, 4) is 17.6 Å². The van der Waals surface area contributed by atoms with E-state index in [1.54, 1.807) is 108 Å². The first-order valence-corrected chi connectivity index (χ1v) is 24.8. The summed E-state index contributed by atoms with van der Waals surface area (Å²) in [7, 11) is 2.22. The van der Waals surface area contributed by atoms with Gasteiger partial charge in [0.05, 0.1) is 55.5 Å². The summed E-state index contributed by atoms with van der Waals surface area (Å²) in [5.41, 5.74) is -0.258. The van der Waals surface area contributed by atoms with Crippen LogP contribution < -0.4 is 15.0 Å². The monoisotopic (exact) mass is 1060 g/mol. The Labute approximate surface area is 447 Å². The first-order chi connectivity index (χ1) is 37.8. The zero-order valence-electron chi connectivity index (χ0n) is 42.1. The van der Waals surface area contributed by atoms with Gasteiger partial charge in [-0.05, 0) is 64.2 Å². The van der Waals surface area contributed by atoms with E-state index >= 15 is 14.4 Å². The zero-order valence-corrected chi connectivity index (χ0v) is 42.1. The van der Waals surface area contributed by atoms with Crippen molar-refractivity contribution in [2.75, 3.05) is 38.9 Å². The van der Waals surface area contributed by atoms with E-state index in [2.05, 4.69) is 17.2 Å². The Morgan fingerprint density at radius 2 is 1.44 bits per heavy atom. The number of fused-ring (bicyclic) bond motifs is 3. The molecule has 3 amide bonds. The predicted molar refractivity (Wildman–Crippen MR) is 278 cm³/mol. The van der Waals surface area contributed by atoms with E-state index < -0.39 is 108 Å². The van der Waals surface area contributed by atoms with Gasteiger partial charge in [0.1, 0.15) is 36.5 Å². The van der Waals surface area contributed by atoms with E-state index in [1.165, 1.54) is 42.5 Å².